The van der Waals surface area contributed by atoms with Gasteiger partial charge in [0.05, 0.1) is 23.3 Å². The Labute approximate surface area is 147 Å². The van der Waals surface area contributed by atoms with Gasteiger partial charge in [-0.2, -0.15) is 10.4 Å². The first-order valence-electron chi connectivity index (χ1n) is 6.82. The third-order valence-electron chi connectivity index (χ3n) is 2.88. The first-order valence-corrected chi connectivity index (χ1v) is 7.19. The molecule has 10 heteroatoms. The van der Waals surface area contributed by atoms with Crippen molar-refractivity contribution >= 4 is 29.3 Å². The van der Waals surface area contributed by atoms with Gasteiger partial charge in [0, 0.05) is 6.07 Å². The smallest absolute Gasteiger partial charge is 0.287 e. The average molecular weight is 362 g/mol. The van der Waals surface area contributed by atoms with E-state index in [1.165, 1.54) is 25.5 Å². The number of aromatic nitrogens is 1. The van der Waals surface area contributed by atoms with E-state index in [1.54, 1.807) is 12.1 Å². The Hall–Kier alpha value is -3.38. The normalized spacial score (nSPS) is 10.3. The number of methoxy groups -OCH3 is 1. The minimum atomic E-state index is -0.537. The number of benzene rings is 1. The van der Waals surface area contributed by atoms with Crippen molar-refractivity contribution in [1.82, 2.24) is 4.98 Å². The number of anilines is 1. The number of nitrogens with one attached hydrogen (secondary N) is 1. The van der Waals surface area contributed by atoms with Crippen molar-refractivity contribution in [3.05, 3.63) is 51.2 Å². The minimum absolute atomic E-state index is 0.112. The number of hydrogen-bond donors (Lipinski definition) is 1. The molecule has 128 valence electrons. The monoisotopic (exact) mass is 361 g/mol. The van der Waals surface area contributed by atoms with Crippen molar-refractivity contribution in [2.24, 2.45) is 5.10 Å². The molecular weight excluding hydrogens is 350 g/mol. The maximum absolute atomic E-state index is 10.6. The summed E-state index contributed by atoms with van der Waals surface area (Å²) < 4.78 is 10.4. The predicted molar refractivity (Wildman–Crippen MR) is 91.2 cm³/mol. The van der Waals surface area contributed by atoms with E-state index in [-0.39, 0.29) is 23.1 Å². The Balaban J connectivity index is 2.11. The molecule has 0 saturated carbocycles. The van der Waals surface area contributed by atoms with Crippen molar-refractivity contribution in [2.75, 3.05) is 19.1 Å². The van der Waals surface area contributed by atoms with Crippen LogP contribution in [-0.4, -0.2) is 29.8 Å². The van der Waals surface area contributed by atoms with Gasteiger partial charge in [0.15, 0.2) is 18.1 Å². The molecule has 1 aromatic carbocycles. The second-order valence-electron chi connectivity index (χ2n) is 4.51. The molecule has 0 radical (unpaired) electrons. The van der Waals surface area contributed by atoms with Gasteiger partial charge < -0.3 is 9.47 Å². The lowest BCUT2D eigenvalue weighted by atomic mass is 10.2. The summed E-state index contributed by atoms with van der Waals surface area (Å²) >= 11 is 6.12. The SMILES string of the molecule is COc1cc(C=NNc2ccc([N+](=O)[O-])cn2)cc(Cl)c1OCC#N. The lowest BCUT2D eigenvalue weighted by Crippen LogP contribution is -1.99. The first kappa shape index (κ1) is 18.0. The summed E-state index contributed by atoms with van der Waals surface area (Å²) in [5.41, 5.74) is 3.14. The number of pyridine rings is 1. The van der Waals surface area contributed by atoms with Crippen LogP contribution in [0.2, 0.25) is 5.02 Å². The van der Waals surface area contributed by atoms with Crippen LogP contribution in [0.5, 0.6) is 11.5 Å². The van der Waals surface area contributed by atoms with Gasteiger partial charge in [-0.15, -0.1) is 0 Å². The third kappa shape index (κ3) is 4.79. The van der Waals surface area contributed by atoms with Crippen LogP contribution in [0.4, 0.5) is 11.5 Å². The number of ether oxygens (including phenoxy) is 2. The number of rotatable bonds is 7. The van der Waals surface area contributed by atoms with Crippen molar-refractivity contribution in [3.8, 4) is 17.6 Å². The van der Waals surface area contributed by atoms with Crippen molar-refractivity contribution < 1.29 is 14.4 Å². The molecule has 25 heavy (non-hydrogen) atoms. The van der Waals surface area contributed by atoms with E-state index in [1.807, 2.05) is 6.07 Å². The lowest BCUT2D eigenvalue weighted by Gasteiger charge is -2.11. The number of hydrazone groups is 1. The van der Waals surface area contributed by atoms with E-state index in [9.17, 15) is 10.1 Å². The molecule has 2 aromatic rings. The second kappa shape index (κ2) is 8.47. The molecule has 0 fully saturated rings. The van der Waals surface area contributed by atoms with Gasteiger partial charge in [0.1, 0.15) is 18.1 Å². The van der Waals surface area contributed by atoms with E-state index in [0.717, 1.165) is 6.20 Å². The zero-order chi connectivity index (χ0) is 18.2. The fourth-order valence-electron chi connectivity index (χ4n) is 1.79. The maximum Gasteiger partial charge on any atom is 0.287 e. The molecule has 0 aliphatic carbocycles. The number of nitro groups is 1. The fraction of sp³-hybridized carbons (Fsp3) is 0.133. The average Bonchev–Trinajstić information content (AvgIpc) is 2.61. The molecule has 1 N–H and O–H groups in total. The third-order valence-corrected chi connectivity index (χ3v) is 3.16. The molecule has 0 unspecified atom stereocenters. The first-order chi connectivity index (χ1) is 12.0. The lowest BCUT2D eigenvalue weighted by molar-refractivity contribution is -0.385. The zero-order valence-electron chi connectivity index (χ0n) is 13.0. The van der Waals surface area contributed by atoms with E-state index in [0.29, 0.717) is 17.1 Å². The second-order valence-corrected chi connectivity index (χ2v) is 4.92. The largest absolute Gasteiger partial charge is 0.493 e. The molecule has 1 aromatic heterocycles. The zero-order valence-corrected chi connectivity index (χ0v) is 13.7. The Bertz CT molecular complexity index is 833. The number of halogens is 1. The number of nitriles is 1. The number of hydrogen-bond acceptors (Lipinski definition) is 8. The van der Waals surface area contributed by atoms with Crippen LogP contribution in [0.1, 0.15) is 5.56 Å². The van der Waals surface area contributed by atoms with Crippen LogP contribution in [0.25, 0.3) is 0 Å². The van der Waals surface area contributed by atoms with Gasteiger partial charge in [-0.1, -0.05) is 11.6 Å². The van der Waals surface area contributed by atoms with Crippen LogP contribution in [-0.2, 0) is 0 Å². The Morgan fingerprint density at radius 2 is 2.32 bits per heavy atom. The topological polar surface area (TPSA) is 123 Å². The summed E-state index contributed by atoms with van der Waals surface area (Å²) in [5.74, 6) is 0.972. The van der Waals surface area contributed by atoms with Crippen molar-refractivity contribution in [1.29, 1.82) is 5.26 Å². The van der Waals surface area contributed by atoms with Gasteiger partial charge in [-0.3, -0.25) is 15.5 Å². The quantitative estimate of drug-likeness (QED) is 0.456. The molecular formula is C15H12ClN5O4. The molecule has 2 rings (SSSR count). The summed E-state index contributed by atoms with van der Waals surface area (Å²) in [4.78, 5) is 13.9. The summed E-state index contributed by atoms with van der Waals surface area (Å²) in [6.45, 7) is -0.156. The molecule has 0 aliphatic heterocycles. The van der Waals surface area contributed by atoms with E-state index in [2.05, 4.69) is 15.5 Å². The molecule has 0 saturated heterocycles. The van der Waals surface area contributed by atoms with Gasteiger partial charge in [0.25, 0.3) is 5.69 Å². The molecule has 0 atom stereocenters. The van der Waals surface area contributed by atoms with Crippen LogP contribution < -0.4 is 14.9 Å². The van der Waals surface area contributed by atoms with Crippen LogP contribution >= 0.6 is 11.6 Å². The highest BCUT2D eigenvalue weighted by Crippen LogP contribution is 2.35. The molecule has 0 spiro atoms. The van der Waals surface area contributed by atoms with Crippen molar-refractivity contribution in [2.45, 2.75) is 0 Å². The Morgan fingerprint density at radius 1 is 1.52 bits per heavy atom. The maximum atomic E-state index is 10.6. The molecule has 9 nitrogen and oxygen atoms in total. The fourth-order valence-corrected chi connectivity index (χ4v) is 2.07. The van der Waals surface area contributed by atoms with Gasteiger partial charge in [0.2, 0.25) is 0 Å². The standard InChI is InChI=1S/C15H12ClN5O4/c1-24-13-7-10(6-12(16)15(13)25-5-4-17)8-19-20-14-3-2-11(9-18-14)21(22)23/h2-3,6-9H,5H2,1H3,(H,18,20). The van der Waals surface area contributed by atoms with E-state index >= 15 is 0 Å². The van der Waals surface area contributed by atoms with Crippen LogP contribution in [0.15, 0.2) is 35.6 Å². The summed E-state index contributed by atoms with van der Waals surface area (Å²) in [5, 5.41) is 23.4. The predicted octanol–water partition coefficient (Wildman–Crippen LogP) is 3.00. The van der Waals surface area contributed by atoms with Gasteiger partial charge in [-0.25, -0.2) is 4.98 Å². The highest BCUT2D eigenvalue weighted by Gasteiger charge is 2.11. The highest BCUT2D eigenvalue weighted by molar-refractivity contribution is 6.32. The van der Waals surface area contributed by atoms with Gasteiger partial charge in [-0.05, 0) is 23.8 Å². The number of nitrogens with zero attached hydrogens (tertiary/aromatic N) is 4. The Morgan fingerprint density at radius 3 is 2.92 bits per heavy atom. The summed E-state index contributed by atoms with van der Waals surface area (Å²) in [7, 11) is 1.45. The summed E-state index contributed by atoms with van der Waals surface area (Å²) in [6, 6.07) is 7.82. The summed E-state index contributed by atoms with van der Waals surface area (Å²) in [6.07, 6.45) is 2.59. The van der Waals surface area contributed by atoms with E-state index in [4.69, 9.17) is 26.3 Å². The van der Waals surface area contributed by atoms with Crippen LogP contribution in [0, 0.1) is 21.4 Å². The minimum Gasteiger partial charge on any atom is -0.493 e. The molecule has 0 amide bonds. The highest BCUT2D eigenvalue weighted by atomic mass is 35.5. The Kier molecular flexibility index (Phi) is 6.08. The molecule has 0 bridgehead atoms. The van der Waals surface area contributed by atoms with Gasteiger partial charge >= 0.3 is 0 Å². The van der Waals surface area contributed by atoms with E-state index < -0.39 is 4.92 Å². The van der Waals surface area contributed by atoms with Crippen LogP contribution in [0.3, 0.4) is 0 Å². The van der Waals surface area contributed by atoms with Crippen molar-refractivity contribution in [3.63, 3.8) is 0 Å². The molecule has 1 heterocycles. The molecule has 0 aliphatic rings.